The monoisotopic (exact) mass is 256 g/mol. The zero-order chi connectivity index (χ0) is 13.4. The van der Waals surface area contributed by atoms with Gasteiger partial charge in [0.25, 0.3) is 0 Å². The molecule has 1 atom stereocenters. The van der Waals surface area contributed by atoms with Crippen LogP contribution in [0, 0.1) is 0 Å². The van der Waals surface area contributed by atoms with Gasteiger partial charge in [0.2, 0.25) is 0 Å². The van der Waals surface area contributed by atoms with E-state index in [1.807, 2.05) is 4.57 Å². The number of aliphatic carboxylic acids is 1. The van der Waals surface area contributed by atoms with Crippen molar-refractivity contribution >= 4 is 12.0 Å². The zero-order valence-corrected chi connectivity index (χ0v) is 10.00. The summed E-state index contributed by atoms with van der Waals surface area (Å²) in [6.07, 6.45) is 4.04. The van der Waals surface area contributed by atoms with E-state index in [0.29, 0.717) is 13.1 Å². The summed E-state index contributed by atoms with van der Waals surface area (Å²) in [5, 5.41) is 13.7. The molecule has 0 saturated heterocycles. The first-order chi connectivity index (χ1) is 8.63. The van der Waals surface area contributed by atoms with Crippen molar-refractivity contribution in [3.05, 3.63) is 18.7 Å². The highest BCUT2D eigenvalue weighted by Crippen LogP contribution is 1.87. The van der Waals surface area contributed by atoms with Crippen molar-refractivity contribution in [3.8, 4) is 0 Å². The van der Waals surface area contributed by atoms with Crippen LogP contribution in [0.4, 0.5) is 4.79 Å². The third kappa shape index (κ3) is 4.83. The molecule has 0 aliphatic rings. The fourth-order valence-electron chi connectivity index (χ4n) is 1.24. The minimum atomic E-state index is -1.11. The summed E-state index contributed by atoms with van der Waals surface area (Å²) >= 11 is 0. The molecule has 0 aliphatic carbocycles. The molecule has 0 aromatic carbocycles. The molecule has 8 nitrogen and oxygen atoms in total. The van der Waals surface area contributed by atoms with Crippen molar-refractivity contribution in [3.63, 3.8) is 0 Å². The van der Waals surface area contributed by atoms with Gasteiger partial charge in [0.05, 0.1) is 12.9 Å². The normalized spacial score (nSPS) is 11.8. The lowest BCUT2D eigenvalue weighted by atomic mass is 10.3. The molecule has 0 saturated carbocycles. The zero-order valence-electron chi connectivity index (χ0n) is 10.00. The van der Waals surface area contributed by atoms with E-state index in [-0.39, 0.29) is 6.54 Å². The second-order valence-electron chi connectivity index (χ2n) is 3.50. The fourth-order valence-corrected chi connectivity index (χ4v) is 1.24. The van der Waals surface area contributed by atoms with Crippen molar-refractivity contribution < 1.29 is 19.4 Å². The smallest absolute Gasteiger partial charge is 0.334 e. The number of hydrogen-bond donors (Lipinski definition) is 3. The van der Waals surface area contributed by atoms with Crippen LogP contribution >= 0.6 is 0 Å². The summed E-state index contributed by atoms with van der Waals surface area (Å²) in [6, 6.07) is -0.432. The second-order valence-corrected chi connectivity index (χ2v) is 3.50. The van der Waals surface area contributed by atoms with Gasteiger partial charge in [-0.05, 0) is 0 Å². The lowest BCUT2D eigenvalue weighted by molar-refractivity contribution is -0.147. The molecule has 1 aromatic heterocycles. The Hall–Kier alpha value is -2.09. The molecule has 0 aliphatic heterocycles. The Balaban J connectivity index is 2.15. The molecule has 18 heavy (non-hydrogen) atoms. The van der Waals surface area contributed by atoms with Crippen LogP contribution in [0.5, 0.6) is 0 Å². The maximum Gasteiger partial charge on any atom is 0.334 e. The molecule has 1 rings (SSSR count). The average Bonchev–Trinajstić information content (AvgIpc) is 2.82. The minimum absolute atomic E-state index is 0.0806. The number of carboxylic acid groups (broad SMARTS) is 1. The van der Waals surface area contributed by atoms with Gasteiger partial charge in [0.15, 0.2) is 6.10 Å². The first-order valence-electron chi connectivity index (χ1n) is 5.36. The summed E-state index contributed by atoms with van der Waals surface area (Å²) in [7, 11) is 1.28. The number of carbonyl (C=O) groups excluding carboxylic acids is 1. The number of methoxy groups -OCH3 is 1. The Morgan fingerprint density at radius 2 is 2.28 bits per heavy atom. The van der Waals surface area contributed by atoms with Crippen LogP contribution in [-0.2, 0) is 16.1 Å². The van der Waals surface area contributed by atoms with E-state index in [1.165, 1.54) is 7.11 Å². The molecule has 0 radical (unpaired) electrons. The minimum Gasteiger partial charge on any atom is -0.479 e. The number of hydrogen-bond acceptors (Lipinski definition) is 4. The molecular formula is C10H16N4O4. The number of urea groups is 1. The van der Waals surface area contributed by atoms with Crippen LogP contribution in [0.25, 0.3) is 0 Å². The summed E-state index contributed by atoms with van der Waals surface area (Å²) in [4.78, 5) is 25.8. The highest BCUT2D eigenvalue weighted by atomic mass is 16.5. The molecule has 100 valence electrons. The number of rotatable bonds is 7. The SMILES string of the molecule is COC(CNC(=O)NCCn1ccnc1)C(=O)O. The number of carboxylic acids is 1. The van der Waals surface area contributed by atoms with E-state index in [4.69, 9.17) is 5.11 Å². The van der Waals surface area contributed by atoms with E-state index in [0.717, 1.165) is 0 Å². The molecule has 1 unspecified atom stereocenters. The van der Waals surface area contributed by atoms with Gasteiger partial charge in [-0.25, -0.2) is 14.6 Å². The first kappa shape index (κ1) is 14.0. The molecule has 1 aromatic rings. The Kier molecular flexibility index (Phi) is 5.65. The third-order valence-electron chi connectivity index (χ3n) is 2.22. The van der Waals surface area contributed by atoms with Crippen molar-refractivity contribution in [1.82, 2.24) is 20.2 Å². The van der Waals surface area contributed by atoms with Gasteiger partial charge < -0.3 is 25.0 Å². The van der Waals surface area contributed by atoms with Crippen molar-refractivity contribution in [2.75, 3.05) is 20.2 Å². The van der Waals surface area contributed by atoms with E-state index >= 15 is 0 Å². The molecule has 0 fully saturated rings. The second kappa shape index (κ2) is 7.28. The van der Waals surface area contributed by atoms with Crippen LogP contribution in [0.2, 0.25) is 0 Å². The van der Waals surface area contributed by atoms with E-state index in [1.54, 1.807) is 18.7 Å². The molecular weight excluding hydrogens is 240 g/mol. The predicted octanol–water partition coefficient (Wildman–Crippen LogP) is -0.718. The molecule has 2 amide bonds. The highest BCUT2D eigenvalue weighted by molar-refractivity contribution is 5.76. The fraction of sp³-hybridized carbons (Fsp3) is 0.500. The Morgan fingerprint density at radius 3 is 2.83 bits per heavy atom. The van der Waals surface area contributed by atoms with Crippen LogP contribution in [-0.4, -0.2) is 53.0 Å². The predicted molar refractivity (Wildman–Crippen MR) is 62.1 cm³/mol. The average molecular weight is 256 g/mol. The molecule has 8 heteroatoms. The number of aromatic nitrogens is 2. The number of nitrogens with zero attached hydrogens (tertiary/aromatic N) is 2. The van der Waals surface area contributed by atoms with Crippen LogP contribution in [0.3, 0.4) is 0 Å². The van der Waals surface area contributed by atoms with E-state index in [9.17, 15) is 9.59 Å². The summed E-state index contributed by atoms with van der Waals surface area (Å²) in [6.45, 7) is 0.940. The summed E-state index contributed by atoms with van der Waals surface area (Å²) < 4.78 is 6.49. The van der Waals surface area contributed by atoms with E-state index < -0.39 is 18.1 Å². The van der Waals surface area contributed by atoms with Gasteiger partial charge in [-0.3, -0.25) is 0 Å². The van der Waals surface area contributed by atoms with Crippen molar-refractivity contribution in [1.29, 1.82) is 0 Å². The molecule has 0 bridgehead atoms. The van der Waals surface area contributed by atoms with Crippen LogP contribution in [0.15, 0.2) is 18.7 Å². The van der Waals surface area contributed by atoms with E-state index in [2.05, 4.69) is 20.4 Å². The summed E-state index contributed by atoms with van der Waals surface area (Å²) in [5.74, 6) is -1.11. The standard InChI is InChI=1S/C10H16N4O4/c1-18-8(9(15)16)6-13-10(17)12-3-5-14-4-2-11-7-14/h2,4,7-8H,3,5-6H2,1H3,(H,15,16)(H2,12,13,17). The molecule has 1 heterocycles. The van der Waals surface area contributed by atoms with Gasteiger partial charge in [-0.1, -0.05) is 0 Å². The van der Waals surface area contributed by atoms with Crippen LogP contribution < -0.4 is 10.6 Å². The van der Waals surface area contributed by atoms with Gasteiger partial charge in [-0.15, -0.1) is 0 Å². The molecule has 3 N–H and O–H groups in total. The number of nitrogens with one attached hydrogen (secondary N) is 2. The largest absolute Gasteiger partial charge is 0.479 e. The van der Waals surface area contributed by atoms with Gasteiger partial charge >= 0.3 is 12.0 Å². The van der Waals surface area contributed by atoms with Gasteiger partial charge in [-0.2, -0.15) is 0 Å². The molecule has 0 spiro atoms. The summed E-state index contributed by atoms with van der Waals surface area (Å²) in [5.41, 5.74) is 0. The Labute approximate surface area is 104 Å². The lowest BCUT2D eigenvalue weighted by Crippen LogP contribution is -2.43. The Morgan fingerprint density at radius 1 is 1.50 bits per heavy atom. The third-order valence-corrected chi connectivity index (χ3v) is 2.22. The van der Waals surface area contributed by atoms with Gasteiger partial charge in [0.1, 0.15) is 0 Å². The number of carbonyl (C=O) groups is 2. The number of imidazole rings is 1. The number of ether oxygens (including phenoxy) is 1. The first-order valence-corrected chi connectivity index (χ1v) is 5.36. The topological polar surface area (TPSA) is 105 Å². The Bertz CT molecular complexity index is 379. The maximum absolute atomic E-state index is 11.3. The van der Waals surface area contributed by atoms with Crippen LogP contribution in [0.1, 0.15) is 0 Å². The van der Waals surface area contributed by atoms with Crippen molar-refractivity contribution in [2.45, 2.75) is 12.6 Å². The number of amides is 2. The highest BCUT2D eigenvalue weighted by Gasteiger charge is 2.16. The van der Waals surface area contributed by atoms with Gasteiger partial charge in [0, 0.05) is 32.6 Å². The maximum atomic E-state index is 11.3. The lowest BCUT2D eigenvalue weighted by Gasteiger charge is -2.12. The quantitative estimate of drug-likeness (QED) is 0.597. The van der Waals surface area contributed by atoms with Crippen molar-refractivity contribution in [2.24, 2.45) is 0 Å².